The highest BCUT2D eigenvalue weighted by atomic mass is 16.7. The predicted molar refractivity (Wildman–Crippen MR) is 132 cm³/mol. The number of carbonyl (C=O) groups excluding carboxylic acids is 1. The minimum Gasteiger partial charge on any atom is -0.399 e. The summed E-state index contributed by atoms with van der Waals surface area (Å²) >= 11 is 0. The summed E-state index contributed by atoms with van der Waals surface area (Å²) in [6.07, 6.45) is 1.27. The Hall–Kier alpha value is -2.03. The number of aromatic nitrogens is 2. The number of hydrogen-bond donors (Lipinski definition) is 0. The van der Waals surface area contributed by atoms with Gasteiger partial charge in [0.1, 0.15) is 0 Å². The summed E-state index contributed by atoms with van der Waals surface area (Å²) in [5.74, 6) is 0.691. The highest BCUT2D eigenvalue weighted by Crippen LogP contribution is 2.37. The topological polar surface area (TPSA) is 77.7 Å². The minimum atomic E-state index is -0.399. The lowest BCUT2D eigenvalue weighted by molar-refractivity contribution is 0.00578. The number of nitrogens with zero attached hydrogens (tertiary/aromatic N) is 3. The van der Waals surface area contributed by atoms with Crippen LogP contribution >= 0.6 is 0 Å². The summed E-state index contributed by atoms with van der Waals surface area (Å²) in [6, 6.07) is 6.45. The molecule has 0 aliphatic carbocycles. The molecule has 0 spiro atoms. The maximum absolute atomic E-state index is 13.1. The quantitative estimate of drug-likeness (QED) is 0.481. The number of rotatable bonds is 5. The van der Waals surface area contributed by atoms with Crippen molar-refractivity contribution in [3.8, 4) is 0 Å². The van der Waals surface area contributed by atoms with E-state index in [9.17, 15) is 4.79 Å². The van der Waals surface area contributed by atoms with E-state index in [-0.39, 0.29) is 34.1 Å². The molecule has 4 rings (SSSR count). The molecule has 0 saturated carbocycles. The van der Waals surface area contributed by atoms with Crippen molar-refractivity contribution in [2.24, 2.45) is 0 Å². The molecule has 7 nitrogen and oxygen atoms in total. The first-order valence-corrected chi connectivity index (χ1v) is 12.4. The van der Waals surface area contributed by atoms with Gasteiger partial charge in [0.15, 0.2) is 0 Å². The van der Waals surface area contributed by atoms with Crippen LogP contribution in [0.3, 0.4) is 0 Å². The van der Waals surface area contributed by atoms with Crippen molar-refractivity contribution in [2.45, 2.75) is 97.3 Å². The zero-order valence-corrected chi connectivity index (χ0v) is 21.9. The Morgan fingerprint density at radius 2 is 1.85 bits per heavy atom. The second kappa shape index (κ2) is 8.88. The number of fused-ring (bicyclic) bond motifs is 1. The molecule has 34 heavy (non-hydrogen) atoms. The molecular weight excluding hydrogens is 429 g/mol. The highest BCUT2D eigenvalue weighted by Gasteiger charge is 2.51. The lowest BCUT2D eigenvalue weighted by atomic mass is 9.76. The Balaban J connectivity index is 1.59. The maximum atomic E-state index is 13.1. The van der Waals surface area contributed by atoms with Gasteiger partial charge in [0.25, 0.3) is 0 Å². The Morgan fingerprint density at radius 1 is 1.18 bits per heavy atom. The van der Waals surface area contributed by atoms with Gasteiger partial charge in [-0.2, -0.15) is 4.98 Å². The zero-order valence-electron chi connectivity index (χ0n) is 21.9. The van der Waals surface area contributed by atoms with Crippen LogP contribution in [0.5, 0.6) is 0 Å². The average Bonchev–Trinajstić information content (AvgIpc) is 3.27. The van der Waals surface area contributed by atoms with Gasteiger partial charge in [-0.25, -0.2) is 0 Å². The van der Waals surface area contributed by atoms with E-state index >= 15 is 0 Å². The standard InChI is InChI=1S/C26H38BN3O4/c1-9-30-13-12-17(15-21(31)22-28-23(32-29-22)24(2,3)4)20-11-10-19(14-18(20)16-30)27-33-25(5,6)26(7,8)34-27/h10-11,14,17H,9,12-13,15-16H2,1-8H3/t17-/m0/s1. The van der Waals surface area contributed by atoms with Crippen molar-refractivity contribution in [1.29, 1.82) is 0 Å². The van der Waals surface area contributed by atoms with Crippen LogP contribution in [0.4, 0.5) is 0 Å². The lowest BCUT2D eigenvalue weighted by Crippen LogP contribution is -2.41. The second-order valence-electron chi connectivity index (χ2n) is 11.7. The van der Waals surface area contributed by atoms with Crippen molar-refractivity contribution in [3.05, 3.63) is 41.0 Å². The summed E-state index contributed by atoms with van der Waals surface area (Å²) in [4.78, 5) is 19.9. The normalized spacial score (nSPS) is 22.5. The van der Waals surface area contributed by atoms with E-state index in [0.29, 0.717) is 12.3 Å². The number of Topliss-reactive ketones (excluding diaryl/α,β-unsaturated/α-hetero) is 1. The molecule has 1 atom stereocenters. The number of benzene rings is 1. The Kier molecular flexibility index (Phi) is 6.55. The van der Waals surface area contributed by atoms with E-state index in [4.69, 9.17) is 13.8 Å². The molecule has 184 valence electrons. The zero-order chi connectivity index (χ0) is 24.9. The molecule has 0 unspecified atom stereocenters. The molecule has 3 heterocycles. The van der Waals surface area contributed by atoms with Crippen molar-refractivity contribution >= 4 is 18.4 Å². The number of ketones is 1. The lowest BCUT2D eigenvalue weighted by Gasteiger charge is -2.32. The highest BCUT2D eigenvalue weighted by molar-refractivity contribution is 6.62. The molecule has 0 bridgehead atoms. The summed E-state index contributed by atoms with van der Waals surface area (Å²) < 4.78 is 17.9. The van der Waals surface area contributed by atoms with Crippen LogP contribution < -0.4 is 5.46 Å². The van der Waals surface area contributed by atoms with Gasteiger partial charge in [0.2, 0.25) is 17.5 Å². The molecule has 2 aromatic rings. The first-order valence-electron chi connectivity index (χ1n) is 12.4. The Labute approximate surface area is 203 Å². The van der Waals surface area contributed by atoms with Gasteiger partial charge in [-0.05, 0) is 69.7 Å². The first-order chi connectivity index (χ1) is 15.8. The first kappa shape index (κ1) is 25.1. The van der Waals surface area contributed by atoms with Crippen molar-refractivity contribution < 1.29 is 18.6 Å². The molecule has 1 aromatic carbocycles. The van der Waals surface area contributed by atoms with Gasteiger partial charge in [0, 0.05) is 18.4 Å². The van der Waals surface area contributed by atoms with E-state index in [1.165, 1.54) is 11.1 Å². The molecule has 8 heteroatoms. The monoisotopic (exact) mass is 467 g/mol. The van der Waals surface area contributed by atoms with E-state index in [2.05, 4.69) is 67.9 Å². The van der Waals surface area contributed by atoms with Crippen LogP contribution in [0.1, 0.15) is 102 Å². The van der Waals surface area contributed by atoms with Crippen LogP contribution in [-0.4, -0.2) is 52.2 Å². The molecule has 0 radical (unpaired) electrons. The van der Waals surface area contributed by atoms with Gasteiger partial charge in [-0.15, -0.1) is 0 Å². The molecule has 0 N–H and O–H groups in total. The van der Waals surface area contributed by atoms with Crippen LogP contribution in [0.25, 0.3) is 0 Å². The SMILES string of the molecule is CCN1CC[C@@H](CC(=O)c2noc(C(C)(C)C)n2)c2ccc(B3OC(C)(C)C(C)(C)O3)cc2C1. The third-order valence-corrected chi connectivity index (χ3v) is 7.52. The summed E-state index contributed by atoms with van der Waals surface area (Å²) in [6.45, 7) is 19.2. The Morgan fingerprint density at radius 3 is 2.44 bits per heavy atom. The summed E-state index contributed by atoms with van der Waals surface area (Å²) in [5, 5.41) is 3.97. The second-order valence-corrected chi connectivity index (χ2v) is 11.7. The minimum absolute atomic E-state index is 0.0739. The smallest absolute Gasteiger partial charge is 0.399 e. The summed E-state index contributed by atoms with van der Waals surface area (Å²) in [5.41, 5.74) is 2.41. The molecule has 0 amide bonds. The predicted octanol–water partition coefficient (Wildman–Crippen LogP) is 4.25. The van der Waals surface area contributed by atoms with Gasteiger partial charge >= 0.3 is 7.12 Å². The molecule has 1 aromatic heterocycles. The molecule has 2 aliphatic heterocycles. The third kappa shape index (κ3) is 4.86. The van der Waals surface area contributed by atoms with Crippen molar-refractivity contribution in [3.63, 3.8) is 0 Å². The fraction of sp³-hybridized carbons (Fsp3) is 0.654. The molecule has 1 saturated heterocycles. The Bertz CT molecular complexity index is 1040. The fourth-order valence-corrected chi connectivity index (χ4v) is 4.54. The maximum Gasteiger partial charge on any atom is 0.494 e. The van der Waals surface area contributed by atoms with E-state index in [1.54, 1.807) is 0 Å². The van der Waals surface area contributed by atoms with Gasteiger partial charge in [-0.3, -0.25) is 9.69 Å². The van der Waals surface area contributed by atoms with Crippen molar-refractivity contribution in [1.82, 2.24) is 15.0 Å². The van der Waals surface area contributed by atoms with Crippen molar-refractivity contribution in [2.75, 3.05) is 13.1 Å². The van der Waals surface area contributed by atoms with Crippen LogP contribution in [0, 0.1) is 0 Å². The largest absolute Gasteiger partial charge is 0.494 e. The fourth-order valence-electron chi connectivity index (χ4n) is 4.54. The molecule has 1 fully saturated rings. The average molecular weight is 467 g/mol. The van der Waals surface area contributed by atoms with Crippen LogP contribution in [-0.2, 0) is 21.3 Å². The third-order valence-electron chi connectivity index (χ3n) is 7.52. The van der Waals surface area contributed by atoms with E-state index in [1.807, 2.05) is 20.8 Å². The van der Waals surface area contributed by atoms with Gasteiger partial charge in [0.05, 0.1) is 11.2 Å². The molecule has 2 aliphatic rings. The van der Waals surface area contributed by atoms with E-state index < -0.39 is 7.12 Å². The number of hydrogen-bond acceptors (Lipinski definition) is 7. The van der Waals surface area contributed by atoms with Gasteiger partial charge in [-0.1, -0.05) is 51.1 Å². The van der Waals surface area contributed by atoms with Gasteiger partial charge < -0.3 is 13.8 Å². The summed E-state index contributed by atoms with van der Waals surface area (Å²) in [7, 11) is -0.399. The van der Waals surface area contributed by atoms with Crippen LogP contribution in [0.15, 0.2) is 22.7 Å². The van der Waals surface area contributed by atoms with E-state index in [0.717, 1.165) is 31.5 Å². The number of carbonyl (C=O) groups is 1. The molecular formula is C26H38BN3O4. The van der Waals surface area contributed by atoms with Crippen LogP contribution in [0.2, 0.25) is 0 Å².